The Hall–Kier alpha value is -2.93. The van der Waals surface area contributed by atoms with E-state index in [0.717, 1.165) is 35.1 Å². The molecule has 0 spiro atoms. The van der Waals surface area contributed by atoms with Crippen molar-refractivity contribution in [3.8, 4) is 5.75 Å². The van der Waals surface area contributed by atoms with Gasteiger partial charge in [-0.15, -0.1) is 0 Å². The smallest absolute Gasteiger partial charge is 0.242 e. The molecule has 0 aromatic heterocycles. The number of nitrogens with one attached hydrogen (secondary N) is 2. The largest absolute Gasteiger partial charge is 0.497 e. The molecule has 2 N–H and O–H groups in total. The first kappa shape index (κ1) is 21.8. The third-order valence-corrected chi connectivity index (χ3v) is 5.33. The van der Waals surface area contributed by atoms with Crippen LogP contribution in [0.4, 0.5) is 5.69 Å². The molecule has 1 aliphatic rings. The molecule has 0 aliphatic carbocycles. The molecular weight excluding hydrogens is 402 g/mol. The summed E-state index contributed by atoms with van der Waals surface area (Å²) in [5.74, 6) is 1.49. The second-order valence-electron chi connectivity index (χ2n) is 6.97. The van der Waals surface area contributed by atoms with Crippen LogP contribution in [0.1, 0.15) is 5.56 Å². The lowest BCUT2D eigenvalue weighted by Crippen LogP contribution is -2.52. The normalized spacial score (nSPS) is 14.4. The maximum atomic E-state index is 12.6. The summed E-state index contributed by atoms with van der Waals surface area (Å²) in [5, 5.41) is 7.06. The van der Waals surface area contributed by atoms with Crippen molar-refractivity contribution in [1.29, 1.82) is 0 Å². The minimum atomic E-state index is 0.0677. The van der Waals surface area contributed by atoms with Gasteiger partial charge >= 0.3 is 0 Å². The number of hydrogen-bond donors (Lipinski definition) is 2. The molecule has 1 fully saturated rings. The minimum Gasteiger partial charge on any atom is -0.497 e. The van der Waals surface area contributed by atoms with Crippen LogP contribution in [0.3, 0.4) is 0 Å². The molecular formula is C22H28ClN5O2. The number of guanidine groups is 1. The van der Waals surface area contributed by atoms with Crippen LogP contribution in [0.25, 0.3) is 0 Å². The van der Waals surface area contributed by atoms with E-state index in [9.17, 15) is 4.79 Å². The third kappa shape index (κ3) is 6.03. The minimum absolute atomic E-state index is 0.0677. The van der Waals surface area contributed by atoms with Gasteiger partial charge in [0.1, 0.15) is 5.75 Å². The lowest BCUT2D eigenvalue weighted by Gasteiger charge is -2.36. The number of ether oxygens (including phenoxy) is 1. The molecule has 0 radical (unpaired) electrons. The summed E-state index contributed by atoms with van der Waals surface area (Å²) in [6.07, 6.45) is 0. The van der Waals surface area contributed by atoms with Crippen molar-refractivity contribution in [2.75, 3.05) is 51.8 Å². The fraction of sp³-hybridized carbons (Fsp3) is 0.364. The van der Waals surface area contributed by atoms with Crippen LogP contribution in [0, 0.1) is 0 Å². The zero-order valence-electron chi connectivity index (χ0n) is 17.4. The highest BCUT2D eigenvalue weighted by atomic mass is 35.5. The van der Waals surface area contributed by atoms with Gasteiger partial charge in [-0.1, -0.05) is 23.7 Å². The first-order chi connectivity index (χ1) is 14.6. The highest BCUT2D eigenvalue weighted by Crippen LogP contribution is 2.19. The second kappa shape index (κ2) is 10.7. The van der Waals surface area contributed by atoms with E-state index < -0.39 is 0 Å². The van der Waals surface area contributed by atoms with E-state index in [1.807, 2.05) is 53.4 Å². The zero-order chi connectivity index (χ0) is 21.3. The van der Waals surface area contributed by atoms with Gasteiger partial charge in [-0.3, -0.25) is 9.79 Å². The molecule has 7 nitrogen and oxygen atoms in total. The van der Waals surface area contributed by atoms with Gasteiger partial charge in [0.15, 0.2) is 5.96 Å². The van der Waals surface area contributed by atoms with Gasteiger partial charge < -0.3 is 25.2 Å². The summed E-state index contributed by atoms with van der Waals surface area (Å²) in [4.78, 5) is 20.9. The number of anilines is 1. The maximum Gasteiger partial charge on any atom is 0.242 e. The number of carbonyl (C=O) groups is 1. The van der Waals surface area contributed by atoms with Crippen LogP contribution in [0.2, 0.25) is 5.02 Å². The number of methoxy groups -OCH3 is 1. The number of nitrogens with zero attached hydrogens (tertiary/aromatic N) is 3. The van der Waals surface area contributed by atoms with E-state index >= 15 is 0 Å². The Labute approximate surface area is 182 Å². The van der Waals surface area contributed by atoms with Crippen LogP contribution in [0.5, 0.6) is 5.75 Å². The fourth-order valence-corrected chi connectivity index (χ4v) is 3.41. The molecule has 1 amide bonds. The molecule has 1 heterocycles. The van der Waals surface area contributed by atoms with Gasteiger partial charge in [-0.05, 0) is 42.0 Å². The van der Waals surface area contributed by atoms with Crippen molar-refractivity contribution < 1.29 is 9.53 Å². The van der Waals surface area contributed by atoms with Crippen LogP contribution >= 0.6 is 11.6 Å². The van der Waals surface area contributed by atoms with Gasteiger partial charge in [-0.2, -0.15) is 0 Å². The monoisotopic (exact) mass is 429 g/mol. The van der Waals surface area contributed by atoms with Crippen molar-refractivity contribution >= 4 is 29.2 Å². The summed E-state index contributed by atoms with van der Waals surface area (Å²) < 4.78 is 5.17. The van der Waals surface area contributed by atoms with Gasteiger partial charge in [0.25, 0.3) is 0 Å². The number of aliphatic imine (C=N–C) groups is 1. The molecule has 8 heteroatoms. The van der Waals surface area contributed by atoms with E-state index in [2.05, 4.69) is 20.5 Å². The first-order valence-electron chi connectivity index (χ1n) is 9.95. The quantitative estimate of drug-likeness (QED) is 0.545. The Balaban J connectivity index is 1.41. The number of halogens is 1. The van der Waals surface area contributed by atoms with Crippen LogP contribution in [-0.2, 0) is 11.3 Å². The fourth-order valence-electron chi connectivity index (χ4n) is 3.29. The van der Waals surface area contributed by atoms with Crippen molar-refractivity contribution in [2.24, 2.45) is 4.99 Å². The second-order valence-corrected chi connectivity index (χ2v) is 7.41. The molecule has 1 saturated heterocycles. The predicted octanol–water partition coefficient (Wildman–Crippen LogP) is 2.36. The molecule has 160 valence electrons. The highest BCUT2D eigenvalue weighted by molar-refractivity contribution is 6.30. The third-order valence-electron chi connectivity index (χ3n) is 5.07. The SMILES string of the molecule is CN=C(NCC(=O)N1CCN(c2ccc(Cl)cc2)CC1)NCc1ccc(OC)cc1. The first-order valence-corrected chi connectivity index (χ1v) is 10.3. The van der Waals surface area contributed by atoms with E-state index in [0.29, 0.717) is 25.6 Å². The number of benzene rings is 2. The highest BCUT2D eigenvalue weighted by Gasteiger charge is 2.21. The van der Waals surface area contributed by atoms with Crippen molar-refractivity contribution in [3.63, 3.8) is 0 Å². The van der Waals surface area contributed by atoms with E-state index in [1.165, 1.54) is 0 Å². The Bertz CT molecular complexity index is 847. The summed E-state index contributed by atoms with van der Waals surface area (Å²) >= 11 is 5.96. The van der Waals surface area contributed by atoms with Crippen LogP contribution in [-0.4, -0.2) is 63.6 Å². The molecule has 2 aromatic rings. The van der Waals surface area contributed by atoms with Gasteiger partial charge in [-0.25, -0.2) is 0 Å². The maximum absolute atomic E-state index is 12.6. The Morgan fingerprint density at radius 3 is 2.30 bits per heavy atom. The van der Waals surface area contributed by atoms with Gasteiger partial charge in [0, 0.05) is 50.5 Å². The average Bonchev–Trinajstić information content (AvgIpc) is 2.80. The van der Waals surface area contributed by atoms with Crippen molar-refractivity contribution in [2.45, 2.75) is 6.54 Å². The number of carbonyl (C=O) groups excluding carboxylic acids is 1. The molecule has 1 aliphatic heterocycles. The summed E-state index contributed by atoms with van der Waals surface area (Å²) in [7, 11) is 3.34. The topological polar surface area (TPSA) is 69.2 Å². The van der Waals surface area contributed by atoms with Gasteiger partial charge in [0.05, 0.1) is 13.7 Å². The number of amides is 1. The van der Waals surface area contributed by atoms with E-state index in [1.54, 1.807) is 14.2 Å². The predicted molar refractivity (Wildman–Crippen MR) is 121 cm³/mol. The molecule has 2 aromatic carbocycles. The summed E-state index contributed by atoms with van der Waals surface area (Å²) in [5.41, 5.74) is 2.23. The summed E-state index contributed by atoms with van der Waals surface area (Å²) in [6.45, 7) is 3.82. The van der Waals surface area contributed by atoms with E-state index in [4.69, 9.17) is 16.3 Å². The standard InChI is InChI=1S/C22H28ClN5O2/c1-24-22(25-15-17-3-9-20(30-2)10-4-17)26-16-21(29)28-13-11-27(12-14-28)19-7-5-18(23)6-8-19/h3-10H,11-16H2,1-2H3,(H2,24,25,26). The number of piperazine rings is 1. The Morgan fingerprint density at radius 1 is 1.03 bits per heavy atom. The van der Waals surface area contributed by atoms with Crippen LogP contribution in [0.15, 0.2) is 53.5 Å². The molecule has 30 heavy (non-hydrogen) atoms. The number of rotatable bonds is 6. The van der Waals surface area contributed by atoms with Crippen molar-refractivity contribution in [1.82, 2.24) is 15.5 Å². The zero-order valence-corrected chi connectivity index (χ0v) is 18.2. The van der Waals surface area contributed by atoms with Gasteiger partial charge in [0.2, 0.25) is 5.91 Å². The Morgan fingerprint density at radius 2 is 1.70 bits per heavy atom. The molecule has 0 atom stereocenters. The van der Waals surface area contributed by atoms with Crippen molar-refractivity contribution in [3.05, 3.63) is 59.1 Å². The Kier molecular flexibility index (Phi) is 7.79. The molecule has 0 saturated carbocycles. The summed E-state index contributed by atoms with van der Waals surface area (Å²) in [6, 6.07) is 15.6. The number of hydrogen-bond acceptors (Lipinski definition) is 4. The lowest BCUT2D eigenvalue weighted by molar-refractivity contribution is -0.130. The lowest BCUT2D eigenvalue weighted by atomic mass is 10.2. The molecule has 0 bridgehead atoms. The molecule has 0 unspecified atom stereocenters. The average molecular weight is 430 g/mol. The molecule has 3 rings (SSSR count). The van der Waals surface area contributed by atoms with E-state index in [-0.39, 0.29) is 12.5 Å². The van der Waals surface area contributed by atoms with Crippen LogP contribution < -0.4 is 20.3 Å².